The highest BCUT2D eigenvalue weighted by atomic mass is 28.4. The second-order valence-electron chi connectivity index (χ2n) is 10.6. The molecule has 2 amide bonds. The molecular formula is C22H38N2O7Si. The minimum atomic E-state index is -2.02. The summed E-state index contributed by atoms with van der Waals surface area (Å²) in [5.74, 6) is -1.31. The first-order valence-corrected chi connectivity index (χ1v) is 14.2. The van der Waals surface area contributed by atoms with Crippen LogP contribution in [0.5, 0.6) is 0 Å². The lowest BCUT2D eigenvalue weighted by Crippen LogP contribution is -2.57. The summed E-state index contributed by atoms with van der Waals surface area (Å²) < 4.78 is 30.4. The topological polar surface area (TPSA) is 104 Å². The molecule has 2 fully saturated rings. The zero-order chi connectivity index (χ0) is 24.1. The fraction of sp³-hybridized carbons (Fsp3) is 0.818. The summed E-state index contributed by atoms with van der Waals surface area (Å²) in [7, 11) is -2.02. The molecule has 182 valence electrons. The van der Waals surface area contributed by atoms with E-state index >= 15 is 0 Å². The number of rotatable bonds is 6. The fourth-order valence-electron chi connectivity index (χ4n) is 4.08. The van der Waals surface area contributed by atoms with Crippen molar-refractivity contribution in [1.29, 1.82) is 0 Å². The highest BCUT2D eigenvalue weighted by molar-refractivity contribution is 6.74. The van der Waals surface area contributed by atoms with Gasteiger partial charge >= 0.3 is 12.0 Å². The molecule has 0 spiro atoms. The van der Waals surface area contributed by atoms with Crippen LogP contribution in [0.3, 0.4) is 0 Å². The van der Waals surface area contributed by atoms with Crippen LogP contribution in [0.4, 0.5) is 4.79 Å². The largest absolute Gasteiger partial charge is 0.463 e. The number of hydrogen-bond acceptors (Lipinski definition) is 7. The lowest BCUT2D eigenvalue weighted by atomic mass is 9.93. The molecule has 2 saturated heterocycles. The number of allylic oxidation sites excluding steroid dienone is 1. The van der Waals surface area contributed by atoms with E-state index in [1.807, 2.05) is 13.8 Å². The third-order valence-electron chi connectivity index (χ3n) is 6.73. The average molecular weight is 471 g/mol. The highest BCUT2D eigenvalue weighted by Gasteiger charge is 2.59. The number of esters is 1. The Morgan fingerprint density at radius 1 is 1.16 bits per heavy atom. The molecule has 0 aromatic heterocycles. The van der Waals surface area contributed by atoms with Crippen molar-refractivity contribution < 1.29 is 33.0 Å². The molecule has 3 aliphatic heterocycles. The molecule has 3 rings (SSSR count). The van der Waals surface area contributed by atoms with Gasteiger partial charge in [-0.3, -0.25) is 0 Å². The maximum atomic E-state index is 12.7. The van der Waals surface area contributed by atoms with Crippen LogP contribution in [0, 0.1) is 0 Å². The van der Waals surface area contributed by atoms with Crippen molar-refractivity contribution in [2.24, 2.45) is 0 Å². The highest BCUT2D eigenvalue weighted by Crippen LogP contribution is 2.43. The number of carbonyl (C=O) groups excluding carboxylic acids is 2. The minimum Gasteiger partial charge on any atom is -0.463 e. The van der Waals surface area contributed by atoms with Crippen molar-refractivity contribution >= 4 is 20.3 Å². The summed E-state index contributed by atoms with van der Waals surface area (Å²) in [6.07, 6.45) is -1.87. The molecule has 0 unspecified atom stereocenters. The quantitative estimate of drug-likeness (QED) is 0.454. The van der Waals surface area contributed by atoms with Crippen molar-refractivity contribution in [3.63, 3.8) is 0 Å². The molecule has 0 saturated carbocycles. The second-order valence-corrected chi connectivity index (χ2v) is 15.4. The van der Waals surface area contributed by atoms with Crippen molar-refractivity contribution in [2.75, 3.05) is 13.2 Å². The molecule has 5 atom stereocenters. The second kappa shape index (κ2) is 8.71. The Morgan fingerprint density at radius 2 is 1.78 bits per heavy atom. The number of urea groups is 1. The molecule has 32 heavy (non-hydrogen) atoms. The summed E-state index contributed by atoms with van der Waals surface area (Å²) in [4.78, 5) is 25.0. The third-order valence-corrected chi connectivity index (χ3v) is 11.2. The van der Waals surface area contributed by atoms with Gasteiger partial charge in [-0.25, -0.2) is 9.59 Å². The first kappa shape index (κ1) is 25.2. The smallest absolute Gasteiger partial charge is 0.337 e. The molecule has 0 aliphatic carbocycles. The number of carbonyl (C=O) groups is 2. The standard InChI is InChI=1S/C22H38N2O7Si/c1-10-27-19(25)14-12(2)23-20(26)24-15(14)17-18-16(30-22(6,7)31-18)13(29-17)11-28-32(8,9)21(3,4)5/h13,15-18H,10-11H2,1-9H3,(H2,23,24,26)/t13-,15-,16-,17-,18-/m1/s1. The van der Waals surface area contributed by atoms with Crippen LogP contribution >= 0.6 is 0 Å². The summed E-state index contributed by atoms with van der Waals surface area (Å²) in [5, 5.41) is 5.54. The van der Waals surface area contributed by atoms with Crippen molar-refractivity contribution in [3.05, 3.63) is 11.3 Å². The maximum Gasteiger partial charge on any atom is 0.337 e. The van der Waals surface area contributed by atoms with Crippen LogP contribution in [0.15, 0.2) is 11.3 Å². The molecule has 0 aromatic rings. The van der Waals surface area contributed by atoms with E-state index in [9.17, 15) is 9.59 Å². The summed E-state index contributed by atoms with van der Waals surface area (Å²) in [6, 6.07) is -1.13. The molecule has 0 radical (unpaired) electrons. The molecule has 3 heterocycles. The van der Waals surface area contributed by atoms with E-state index in [2.05, 4.69) is 44.5 Å². The van der Waals surface area contributed by atoms with E-state index < -0.39 is 50.5 Å². The van der Waals surface area contributed by atoms with Gasteiger partial charge in [-0.1, -0.05) is 20.8 Å². The molecule has 10 heteroatoms. The minimum absolute atomic E-state index is 0.0522. The van der Waals surface area contributed by atoms with Crippen LogP contribution < -0.4 is 10.6 Å². The van der Waals surface area contributed by atoms with E-state index in [4.69, 9.17) is 23.4 Å². The van der Waals surface area contributed by atoms with Gasteiger partial charge in [-0.15, -0.1) is 0 Å². The van der Waals surface area contributed by atoms with Crippen molar-refractivity contribution in [2.45, 2.75) is 103 Å². The maximum absolute atomic E-state index is 12.7. The summed E-state index contributed by atoms with van der Waals surface area (Å²) >= 11 is 0. The van der Waals surface area contributed by atoms with E-state index in [1.165, 1.54) is 0 Å². The van der Waals surface area contributed by atoms with Crippen molar-refractivity contribution in [3.8, 4) is 0 Å². The Balaban J connectivity index is 1.88. The Hall–Kier alpha value is -1.46. The van der Waals surface area contributed by atoms with Crippen LogP contribution in [0.25, 0.3) is 0 Å². The van der Waals surface area contributed by atoms with E-state index in [1.54, 1.807) is 13.8 Å². The SMILES string of the molecule is CCOC(=O)C1=C(C)NC(=O)N[C@H]1[C@H]1O[C@H](CO[Si](C)(C)C(C)(C)C)[C@H]2OC(C)(C)O[C@@H]12. The number of fused-ring (bicyclic) bond motifs is 1. The number of ether oxygens (including phenoxy) is 4. The zero-order valence-corrected chi connectivity index (χ0v) is 21.7. The van der Waals surface area contributed by atoms with Gasteiger partial charge in [0.05, 0.1) is 24.8 Å². The van der Waals surface area contributed by atoms with E-state index in [0.717, 1.165) is 0 Å². The molecular weight excluding hydrogens is 432 g/mol. The monoisotopic (exact) mass is 470 g/mol. The van der Waals surface area contributed by atoms with Crippen LogP contribution in [0.2, 0.25) is 18.1 Å². The van der Waals surface area contributed by atoms with Gasteiger partial charge in [-0.2, -0.15) is 0 Å². The van der Waals surface area contributed by atoms with Gasteiger partial charge in [0.2, 0.25) is 0 Å². The predicted octanol–water partition coefficient (Wildman–Crippen LogP) is 2.81. The van der Waals surface area contributed by atoms with E-state index in [0.29, 0.717) is 17.9 Å². The lowest BCUT2D eigenvalue weighted by Gasteiger charge is -2.37. The van der Waals surface area contributed by atoms with Crippen LogP contribution in [0.1, 0.15) is 48.5 Å². The van der Waals surface area contributed by atoms with Gasteiger partial charge in [0.15, 0.2) is 14.1 Å². The first-order chi connectivity index (χ1) is 14.7. The third kappa shape index (κ3) is 4.89. The predicted molar refractivity (Wildman–Crippen MR) is 120 cm³/mol. The molecule has 0 aromatic carbocycles. The normalized spacial score (nSPS) is 32.4. The Morgan fingerprint density at radius 3 is 2.38 bits per heavy atom. The van der Waals surface area contributed by atoms with E-state index in [-0.39, 0.29) is 17.7 Å². The lowest BCUT2D eigenvalue weighted by molar-refractivity contribution is -0.191. The van der Waals surface area contributed by atoms with Gasteiger partial charge in [-0.05, 0) is 45.8 Å². The molecule has 9 nitrogen and oxygen atoms in total. The Bertz CT molecular complexity index is 790. The number of nitrogens with one attached hydrogen (secondary N) is 2. The zero-order valence-electron chi connectivity index (χ0n) is 20.7. The first-order valence-electron chi connectivity index (χ1n) is 11.3. The molecule has 2 N–H and O–H groups in total. The number of amides is 2. The number of hydrogen-bond donors (Lipinski definition) is 2. The van der Waals surface area contributed by atoms with Crippen LogP contribution in [-0.4, -0.2) is 69.8 Å². The Labute approximate surface area is 191 Å². The fourth-order valence-corrected chi connectivity index (χ4v) is 5.09. The summed E-state index contributed by atoms with van der Waals surface area (Å²) in [5.41, 5.74) is 0.769. The van der Waals surface area contributed by atoms with Crippen molar-refractivity contribution in [1.82, 2.24) is 10.6 Å². The van der Waals surface area contributed by atoms with Gasteiger partial charge in [0, 0.05) is 5.70 Å². The van der Waals surface area contributed by atoms with Gasteiger partial charge < -0.3 is 34.0 Å². The van der Waals surface area contributed by atoms with Gasteiger partial charge in [0.1, 0.15) is 24.4 Å². The van der Waals surface area contributed by atoms with Gasteiger partial charge in [0.25, 0.3) is 0 Å². The Kier molecular flexibility index (Phi) is 6.85. The van der Waals surface area contributed by atoms with Crippen LogP contribution in [-0.2, 0) is 28.2 Å². The average Bonchev–Trinajstić information content (AvgIpc) is 3.11. The summed E-state index contributed by atoms with van der Waals surface area (Å²) in [6.45, 7) is 18.6. The molecule has 3 aliphatic rings. The molecule has 0 bridgehead atoms.